The average molecular weight is 871 g/mol. The van der Waals surface area contributed by atoms with Gasteiger partial charge in [0.15, 0.2) is 5.78 Å². The number of esters is 1. The van der Waals surface area contributed by atoms with Gasteiger partial charge in [0.05, 0.1) is 16.9 Å². The zero-order valence-electron chi connectivity index (χ0n) is 40.9. The van der Waals surface area contributed by atoms with Crippen molar-refractivity contribution in [2.75, 3.05) is 0 Å². The standard InChI is InChI=1S/C53H78N2O8/c1-31(2)39-35(56)29-52(54-42(58)48(10,11)55-44(61)63-45(3,4)5)27-26-50(13)33(40(39)52)20-21-38-49(12)24-22-37(46(6,7)36(49)23-25-51(38,50)14)53(43(59)60)28-34(47(53,8)9)41(57)62-30-32-18-16-15-17-19-32/h15-19,31,33-34,36-38H,20-30H2,1-14H3,(H,54,58)(H,55,61)(H,59,60)/t33-,34-,36-,37+,38-,49-,50-,51-,52-,53+/m1/s1. The summed E-state index contributed by atoms with van der Waals surface area (Å²) in [7, 11) is 0. The number of carboxylic acid groups (broad SMARTS) is 1. The monoisotopic (exact) mass is 871 g/mol. The van der Waals surface area contributed by atoms with Gasteiger partial charge in [0, 0.05) is 6.42 Å². The molecule has 0 unspecified atom stereocenters. The summed E-state index contributed by atoms with van der Waals surface area (Å²) in [5, 5.41) is 17.5. The van der Waals surface area contributed by atoms with Gasteiger partial charge in [0.25, 0.3) is 0 Å². The first-order valence-corrected chi connectivity index (χ1v) is 24.0. The molecule has 0 aliphatic heterocycles. The largest absolute Gasteiger partial charge is 0.481 e. The van der Waals surface area contributed by atoms with E-state index in [-0.39, 0.29) is 70.1 Å². The fourth-order valence-corrected chi connectivity index (χ4v) is 16.0. The van der Waals surface area contributed by atoms with Gasteiger partial charge < -0.3 is 25.2 Å². The number of carbonyl (C=O) groups excluding carboxylic acids is 4. The molecule has 348 valence electrons. The maximum Gasteiger partial charge on any atom is 0.408 e. The number of rotatable bonds is 9. The highest BCUT2D eigenvalue weighted by molar-refractivity contribution is 6.03. The fourth-order valence-electron chi connectivity index (χ4n) is 16.0. The van der Waals surface area contributed by atoms with Crippen LogP contribution in [0.4, 0.5) is 4.79 Å². The molecule has 2 amide bonds. The second kappa shape index (κ2) is 15.2. The normalized spacial score (nSPS) is 38.0. The smallest absolute Gasteiger partial charge is 0.408 e. The third kappa shape index (κ3) is 7.02. The predicted molar refractivity (Wildman–Crippen MR) is 243 cm³/mol. The Morgan fingerprint density at radius 2 is 1.44 bits per heavy atom. The van der Waals surface area contributed by atoms with E-state index in [1.54, 1.807) is 34.6 Å². The Bertz CT molecular complexity index is 2080. The number of aliphatic carboxylic acids is 1. The van der Waals surface area contributed by atoms with Crippen molar-refractivity contribution in [2.45, 2.75) is 184 Å². The number of hydrogen-bond acceptors (Lipinski definition) is 7. The van der Waals surface area contributed by atoms with E-state index < -0.39 is 45.5 Å². The summed E-state index contributed by atoms with van der Waals surface area (Å²) in [6.45, 7) is 29.3. The van der Waals surface area contributed by atoms with Gasteiger partial charge in [-0.1, -0.05) is 92.6 Å². The molecule has 10 nitrogen and oxygen atoms in total. The number of amides is 2. The molecular formula is C53H78N2O8. The molecule has 63 heavy (non-hydrogen) atoms. The fraction of sp³-hybridized carbons (Fsp3) is 0.755. The first-order valence-electron chi connectivity index (χ1n) is 24.0. The molecule has 6 aliphatic rings. The minimum Gasteiger partial charge on any atom is -0.481 e. The van der Waals surface area contributed by atoms with E-state index in [0.717, 1.165) is 61.7 Å². The van der Waals surface area contributed by atoms with E-state index in [9.17, 15) is 29.1 Å². The third-order valence-electron chi connectivity index (χ3n) is 19.2. The van der Waals surface area contributed by atoms with Gasteiger partial charge in [-0.05, 0) is 166 Å². The van der Waals surface area contributed by atoms with E-state index in [4.69, 9.17) is 9.47 Å². The number of ketones is 1. The summed E-state index contributed by atoms with van der Waals surface area (Å²) in [6.07, 6.45) is 6.98. The van der Waals surface area contributed by atoms with Crippen molar-refractivity contribution >= 4 is 29.7 Å². The molecule has 6 aliphatic carbocycles. The average Bonchev–Trinajstić information content (AvgIpc) is 3.45. The van der Waals surface area contributed by atoms with E-state index in [1.165, 1.54) is 0 Å². The van der Waals surface area contributed by atoms with Crippen molar-refractivity contribution in [3.63, 3.8) is 0 Å². The molecule has 7 rings (SSSR count). The Kier molecular flexibility index (Phi) is 11.4. The molecule has 1 aromatic carbocycles. The van der Waals surface area contributed by atoms with Crippen molar-refractivity contribution in [2.24, 2.45) is 68.0 Å². The number of carboxylic acids is 1. The van der Waals surface area contributed by atoms with Crippen molar-refractivity contribution in [1.29, 1.82) is 0 Å². The highest BCUT2D eigenvalue weighted by Crippen LogP contribution is 2.79. The topological polar surface area (TPSA) is 148 Å². The van der Waals surface area contributed by atoms with Crippen LogP contribution in [0.5, 0.6) is 0 Å². The van der Waals surface area contributed by atoms with Crippen LogP contribution < -0.4 is 10.6 Å². The molecule has 3 N–H and O–H groups in total. The lowest BCUT2D eigenvalue weighted by atomic mass is 9.30. The number of benzene rings is 1. The molecular weight excluding hydrogens is 793 g/mol. The molecule has 0 saturated heterocycles. The number of nitrogens with one attached hydrogen (secondary N) is 2. The molecule has 5 fully saturated rings. The van der Waals surface area contributed by atoms with E-state index >= 15 is 0 Å². The molecule has 0 bridgehead atoms. The molecule has 0 aromatic heterocycles. The highest BCUT2D eigenvalue weighted by Gasteiger charge is 2.76. The minimum atomic E-state index is -1.28. The molecule has 0 radical (unpaired) electrons. The van der Waals surface area contributed by atoms with E-state index in [1.807, 2.05) is 44.2 Å². The molecule has 0 heterocycles. The van der Waals surface area contributed by atoms with Crippen LogP contribution in [0.2, 0.25) is 0 Å². The lowest BCUT2D eigenvalue weighted by Crippen LogP contribution is -2.71. The van der Waals surface area contributed by atoms with E-state index in [2.05, 4.69) is 59.1 Å². The van der Waals surface area contributed by atoms with Crippen LogP contribution in [0, 0.1) is 68.0 Å². The Morgan fingerprint density at radius 3 is 2.03 bits per heavy atom. The third-order valence-corrected chi connectivity index (χ3v) is 19.2. The van der Waals surface area contributed by atoms with Gasteiger partial charge in [0.1, 0.15) is 17.7 Å². The Labute approximate surface area is 377 Å². The number of ether oxygens (including phenoxy) is 2. The Hall–Kier alpha value is -3.69. The van der Waals surface area contributed by atoms with Crippen LogP contribution >= 0.6 is 0 Å². The number of hydrogen-bond donors (Lipinski definition) is 3. The van der Waals surface area contributed by atoms with Crippen LogP contribution in [0.15, 0.2) is 41.5 Å². The van der Waals surface area contributed by atoms with Crippen molar-refractivity contribution in [3.05, 3.63) is 47.0 Å². The number of carbonyl (C=O) groups is 5. The van der Waals surface area contributed by atoms with E-state index in [0.29, 0.717) is 24.7 Å². The summed E-state index contributed by atoms with van der Waals surface area (Å²) < 4.78 is 11.3. The van der Waals surface area contributed by atoms with Crippen LogP contribution in [-0.4, -0.2) is 51.5 Å². The number of alkyl carbamates (subject to hydrolysis) is 1. The quantitative estimate of drug-likeness (QED) is 0.208. The molecule has 10 atom stereocenters. The molecule has 0 spiro atoms. The SMILES string of the molecule is CC(C)C1=C2[C@H]3CC[C@@H]4[C@]5(C)CC[C@H]([C@]6(C(=O)O)C[C@H](C(=O)OCc7ccccc7)C6(C)C)C(C)(C)[C@H]5CC[C@@]4(C)[C@]3(C)CC[C@@]2(NC(=O)C(C)(C)NC(=O)OC(C)(C)C)CC1=O. The first kappa shape index (κ1) is 47.3. The van der Waals surface area contributed by atoms with Gasteiger partial charge in [-0.15, -0.1) is 0 Å². The highest BCUT2D eigenvalue weighted by atomic mass is 16.6. The lowest BCUT2D eigenvalue weighted by Gasteiger charge is -2.74. The molecule has 5 saturated carbocycles. The Balaban J connectivity index is 1.15. The predicted octanol–water partition coefficient (Wildman–Crippen LogP) is 10.6. The second-order valence-electron chi connectivity index (χ2n) is 24.7. The minimum absolute atomic E-state index is 0.000913. The first-order chi connectivity index (χ1) is 29.0. The van der Waals surface area contributed by atoms with Gasteiger partial charge in [0.2, 0.25) is 5.91 Å². The summed E-state index contributed by atoms with van der Waals surface area (Å²) in [5.41, 5.74) is -2.31. The van der Waals surface area contributed by atoms with Crippen molar-refractivity contribution in [3.8, 4) is 0 Å². The zero-order chi connectivity index (χ0) is 46.7. The van der Waals surface area contributed by atoms with Crippen LogP contribution in [-0.2, 0) is 35.3 Å². The van der Waals surface area contributed by atoms with Gasteiger partial charge in [-0.3, -0.25) is 19.2 Å². The van der Waals surface area contributed by atoms with Gasteiger partial charge >= 0.3 is 18.0 Å². The maximum absolute atomic E-state index is 14.3. The van der Waals surface area contributed by atoms with Crippen molar-refractivity contribution < 1.29 is 38.6 Å². The second-order valence-corrected chi connectivity index (χ2v) is 24.7. The number of fused-ring (bicyclic) bond motifs is 7. The Morgan fingerprint density at radius 1 is 0.810 bits per heavy atom. The van der Waals surface area contributed by atoms with Crippen LogP contribution in [0.3, 0.4) is 0 Å². The van der Waals surface area contributed by atoms with Crippen LogP contribution in [0.1, 0.15) is 167 Å². The summed E-state index contributed by atoms with van der Waals surface area (Å²) in [4.78, 5) is 68.8. The number of Topliss-reactive ketones (excluding diaryl/α,β-unsaturated/α-hetero) is 1. The lowest BCUT2D eigenvalue weighted by molar-refractivity contribution is -0.261. The van der Waals surface area contributed by atoms with Crippen LogP contribution in [0.25, 0.3) is 0 Å². The summed E-state index contributed by atoms with van der Waals surface area (Å²) >= 11 is 0. The molecule has 10 heteroatoms. The zero-order valence-corrected chi connectivity index (χ0v) is 40.9. The van der Waals surface area contributed by atoms with Gasteiger partial charge in [-0.25, -0.2) is 4.79 Å². The summed E-state index contributed by atoms with van der Waals surface area (Å²) in [5.74, 6) is -1.14. The molecule has 1 aromatic rings. The van der Waals surface area contributed by atoms with Gasteiger partial charge in [-0.2, -0.15) is 0 Å². The number of allylic oxidation sites excluding steroid dienone is 1. The van der Waals surface area contributed by atoms with Crippen molar-refractivity contribution in [1.82, 2.24) is 10.6 Å². The maximum atomic E-state index is 14.3. The summed E-state index contributed by atoms with van der Waals surface area (Å²) in [6, 6.07) is 9.62.